The minimum atomic E-state index is -0.405. The van der Waals surface area contributed by atoms with E-state index < -0.39 is 5.91 Å². The SMILES string of the molecule is C=CCn1c(SCC(=O)Nn2cnc3sc(C)c(C)c3c2=O)nc2ccsc2c1=O. The molecule has 154 valence electrons. The van der Waals surface area contributed by atoms with Crippen molar-refractivity contribution in [1.82, 2.24) is 19.2 Å². The minimum Gasteiger partial charge on any atom is -0.282 e. The number of aromatic nitrogens is 4. The summed E-state index contributed by atoms with van der Waals surface area (Å²) >= 11 is 3.91. The Labute approximate surface area is 182 Å². The number of hydrogen-bond acceptors (Lipinski definition) is 8. The highest BCUT2D eigenvalue weighted by Gasteiger charge is 2.16. The molecule has 1 N–H and O–H groups in total. The van der Waals surface area contributed by atoms with Gasteiger partial charge in [0.25, 0.3) is 11.1 Å². The van der Waals surface area contributed by atoms with E-state index in [2.05, 4.69) is 22.0 Å². The van der Waals surface area contributed by atoms with Crippen molar-refractivity contribution in [3.8, 4) is 0 Å². The second-order valence-electron chi connectivity index (χ2n) is 6.44. The Bertz CT molecular complexity index is 1410. The first-order valence-electron chi connectivity index (χ1n) is 8.89. The number of nitrogens with one attached hydrogen (secondary N) is 1. The van der Waals surface area contributed by atoms with Crippen LogP contribution < -0.4 is 16.5 Å². The van der Waals surface area contributed by atoms with Crippen molar-refractivity contribution in [1.29, 1.82) is 0 Å². The van der Waals surface area contributed by atoms with Crippen LogP contribution in [0.1, 0.15) is 10.4 Å². The van der Waals surface area contributed by atoms with Gasteiger partial charge in [-0.2, -0.15) is 0 Å². The Balaban J connectivity index is 1.57. The van der Waals surface area contributed by atoms with Gasteiger partial charge in [-0.1, -0.05) is 17.8 Å². The number of fused-ring (bicyclic) bond motifs is 2. The van der Waals surface area contributed by atoms with Crippen LogP contribution in [-0.4, -0.2) is 30.9 Å². The number of aryl methyl sites for hydroxylation is 2. The highest BCUT2D eigenvalue weighted by molar-refractivity contribution is 7.99. The first kappa shape index (κ1) is 20.5. The fraction of sp³-hybridized carbons (Fsp3) is 0.211. The summed E-state index contributed by atoms with van der Waals surface area (Å²) in [5.74, 6) is -0.427. The molecule has 0 radical (unpaired) electrons. The van der Waals surface area contributed by atoms with Gasteiger partial charge in [0.15, 0.2) is 5.16 Å². The molecule has 8 nitrogen and oxygen atoms in total. The lowest BCUT2D eigenvalue weighted by Gasteiger charge is -2.11. The zero-order valence-electron chi connectivity index (χ0n) is 16.2. The smallest absolute Gasteiger partial charge is 0.281 e. The maximum atomic E-state index is 12.7. The number of thiophene rings is 2. The van der Waals surface area contributed by atoms with Crippen molar-refractivity contribution in [2.24, 2.45) is 0 Å². The van der Waals surface area contributed by atoms with Gasteiger partial charge in [0.05, 0.1) is 16.7 Å². The van der Waals surface area contributed by atoms with Crippen LogP contribution in [0.3, 0.4) is 0 Å². The molecule has 1 amide bonds. The fourth-order valence-corrected chi connectivity index (χ4v) is 5.50. The van der Waals surface area contributed by atoms with Crippen LogP contribution in [0.25, 0.3) is 20.4 Å². The molecule has 4 heterocycles. The van der Waals surface area contributed by atoms with Gasteiger partial charge < -0.3 is 0 Å². The molecule has 0 aliphatic carbocycles. The Morgan fingerprint density at radius 1 is 1.33 bits per heavy atom. The highest BCUT2D eigenvalue weighted by Crippen LogP contribution is 2.25. The molecule has 11 heteroatoms. The highest BCUT2D eigenvalue weighted by atomic mass is 32.2. The van der Waals surface area contributed by atoms with Crippen LogP contribution >= 0.6 is 34.4 Å². The average molecular weight is 460 g/mol. The molecule has 0 bridgehead atoms. The first-order chi connectivity index (χ1) is 14.4. The van der Waals surface area contributed by atoms with E-state index in [1.54, 1.807) is 12.1 Å². The maximum Gasteiger partial charge on any atom is 0.281 e. The monoisotopic (exact) mass is 459 g/mol. The van der Waals surface area contributed by atoms with Crippen LogP contribution in [-0.2, 0) is 11.3 Å². The Morgan fingerprint density at radius 2 is 2.13 bits per heavy atom. The Kier molecular flexibility index (Phi) is 5.58. The van der Waals surface area contributed by atoms with E-state index in [0.29, 0.717) is 32.1 Å². The molecule has 0 aliphatic heterocycles. The lowest BCUT2D eigenvalue weighted by molar-refractivity contribution is -0.114. The van der Waals surface area contributed by atoms with Crippen LogP contribution in [0.2, 0.25) is 0 Å². The molecule has 0 unspecified atom stereocenters. The van der Waals surface area contributed by atoms with Crippen molar-refractivity contribution < 1.29 is 4.79 Å². The van der Waals surface area contributed by atoms with Gasteiger partial charge in [0.1, 0.15) is 15.9 Å². The van der Waals surface area contributed by atoms with Gasteiger partial charge in [-0.15, -0.1) is 29.3 Å². The summed E-state index contributed by atoms with van der Waals surface area (Å²) < 4.78 is 3.15. The van der Waals surface area contributed by atoms with Crippen molar-refractivity contribution in [3.05, 3.63) is 61.6 Å². The van der Waals surface area contributed by atoms with Crippen molar-refractivity contribution in [2.45, 2.75) is 25.5 Å². The number of rotatable bonds is 6. The quantitative estimate of drug-likeness (QED) is 0.270. The second kappa shape index (κ2) is 8.17. The molecule has 4 rings (SSSR count). The van der Waals surface area contributed by atoms with Crippen LogP contribution in [0.15, 0.2) is 45.2 Å². The number of allylic oxidation sites excluding steroid dienone is 1. The molecule has 4 aromatic heterocycles. The molecule has 0 spiro atoms. The van der Waals surface area contributed by atoms with E-state index in [1.165, 1.54) is 33.6 Å². The molecule has 0 aromatic carbocycles. The van der Waals surface area contributed by atoms with Crippen molar-refractivity contribution in [2.75, 3.05) is 11.2 Å². The molecule has 0 fully saturated rings. The molecule has 0 saturated heterocycles. The van der Waals surface area contributed by atoms with E-state index in [1.807, 2.05) is 19.2 Å². The third-order valence-electron chi connectivity index (χ3n) is 4.51. The summed E-state index contributed by atoms with van der Waals surface area (Å²) in [6, 6.07) is 1.77. The number of carbonyl (C=O) groups excluding carboxylic acids is 1. The summed E-state index contributed by atoms with van der Waals surface area (Å²) in [6.07, 6.45) is 2.92. The molecule has 0 aliphatic rings. The second-order valence-corrected chi connectivity index (χ2v) is 9.50. The maximum absolute atomic E-state index is 12.7. The van der Waals surface area contributed by atoms with Crippen LogP contribution in [0.4, 0.5) is 0 Å². The van der Waals surface area contributed by atoms with E-state index >= 15 is 0 Å². The summed E-state index contributed by atoms with van der Waals surface area (Å²) in [7, 11) is 0. The number of hydrogen-bond donors (Lipinski definition) is 1. The van der Waals surface area contributed by atoms with Gasteiger partial charge in [-0.25, -0.2) is 14.6 Å². The lowest BCUT2D eigenvalue weighted by atomic mass is 10.2. The van der Waals surface area contributed by atoms with Gasteiger partial charge in [0.2, 0.25) is 5.91 Å². The molecule has 0 saturated carbocycles. The van der Waals surface area contributed by atoms with Gasteiger partial charge in [-0.3, -0.25) is 24.4 Å². The van der Waals surface area contributed by atoms with Gasteiger partial charge in [-0.05, 0) is 30.9 Å². The minimum absolute atomic E-state index is 0.0225. The van der Waals surface area contributed by atoms with E-state index in [9.17, 15) is 14.4 Å². The molecular weight excluding hydrogens is 442 g/mol. The first-order valence-corrected chi connectivity index (χ1v) is 11.6. The normalized spacial score (nSPS) is 11.3. The summed E-state index contributed by atoms with van der Waals surface area (Å²) in [5.41, 5.74) is 3.55. The molecular formula is C19H17N5O3S3. The molecule has 30 heavy (non-hydrogen) atoms. The molecule has 0 atom stereocenters. The van der Waals surface area contributed by atoms with Gasteiger partial charge >= 0.3 is 0 Å². The van der Waals surface area contributed by atoms with E-state index in [0.717, 1.165) is 26.9 Å². The van der Waals surface area contributed by atoms with Crippen LogP contribution in [0, 0.1) is 13.8 Å². The average Bonchev–Trinajstić information content (AvgIpc) is 3.30. The lowest BCUT2D eigenvalue weighted by Crippen LogP contribution is -2.34. The Morgan fingerprint density at radius 3 is 2.90 bits per heavy atom. The summed E-state index contributed by atoms with van der Waals surface area (Å²) in [4.78, 5) is 48.3. The third-order valence-corrected chi connectivity index (χ3v) is 7.49. The predicted molar refractivity (Wildman–Crippen MR) is 123 cm³/mol. The summed E-state index contributed by atoms with van der Waals surface area (Å²) in [6.45, 7) is 7.77. The largest absolute Gasteiger partial charge is 0.282 e. The van der Waals surface area contributed by atoms with Gasteiger partial charge in [0, 0.05) is 11.4 Å². The predicted octanol–water partition coefficient (Wildman–Crippen LogP) is 2.89. The zero-order valence-corrected chi connectivity index (χ0v) is 18.6. The molecule has 4 aromatic rings. The zero-order chi connectivity index (χ0) is 21.4. The fourth-order valence-electron chi connectivity index (χ4n) is 2.93. The topological polar surface area (TPSA) is 98.9 Å². The number of thioether (sulfide) groups is 1. The van der Waals surface area contributed by atoms with Crippen molar-refractivity contribution in [3.63, 3.8) is 0 Å². The number of carbonyl (C=O) groups is 1. The van der Waals surface area contributed by atoms with E-state index in [-0.39, 0.29) is 16.9 Å². The van der Waals surface area contributed by atoms with Crippen LogP contribution in [0.5, 0.6) is 0 Å². The third kappa shape index (κ3) is 3.59. The Hall–Kier alpha value is -2.76. The van der Waals surface area contributed by atoms with E-state index in [4.69, 9.17) is 0 Å². The number of nitrogens with zero attached hydrogens (tertiary/aromatic N) is 4. The van der Waals surface area contributed by atoms with Crippen molar-refractivity contribution >= 4 is 60.8 Å². The number of amides is 1. The standard InChI is InChI=1S/C19H17N5O3S3/c1-4-6-23-18(27)15-12(5-7-28-15)21-19(23)29-8-13(25)22-24-9-20-16-14(17(24)26)10(2)11(3)30-16/h4-5,7,9H,1,6,8H2,2-3H3,(H,22,25). The summed E-state index contributed by atoms with van der Waals surface area (Å²) in [5, 5.41) is 2.74.